The van der Waals surface area contributed by atoms with Crippen molar-refractivity contribution in [1.29, 1.82) is 0 Å². The molecule has 2 N–H and O–H groups in total. The summed E-state index contributed by atoms with van der Waals surface area (Å²) in [6.07, 6.45) is 3.24. The third kappa shape index (κ3) is 3.72. The van der Waals surface area contributed by atoms with Crippen LogP contribution in [0.5, 0.6) is 0 Å². The fourth-order valence-electron chi connectivity index (χ4n) is 2.17. The highest BCUT2D eigenvalue weighted by Crippen LogP contribution is 2.09. The number of nitrogens with one attached hydrogen (secondary N) is 2. The standard InChI is InChI=1S/C16H17N7O/c1-12-3-2-8-17-15(12)18-9-10-19-16(24)13-4-6-14(7-5-13)23-11-20-21-22-23/h2-8,11H,9-10H2,1H3,(H,17,18)(H,19,24). The number of benzene rings is 1. The molecular weight excluding hydrogens is 306 g/mol. The van der Waals surface area contributed by atoms with Crippen molar-refractivity contribution < 1.29 is 4.79 Å². The molecule has 1 amide bonds. The molecule has 24 heavy (non-hydrogen) atoms. The quantitative estimate of drug-likeness (QED) is 0.662. The van der Waals surface area contributed by atoms with E-state index in [1.54, 1.807) is 30.5 Å². The lowest BCUT2D eigenvalue weighted by atomic mass is 10.2. The average Bonchev–Trinajstić information content (AvgIpc) is 3.15. The van der Waals surface area contributed by atoms with Gasteiger partial charge in [0.2, 0.25) is 0 Å². The first-order chi connectivity index (χ1) is 11.7. The Balaban J connectivity index is 1.49. The molecule has 0 aliphatic rings. The highest BCUT2D eigenvalue weighted by atomic mass is 16.1. The van der Waals surface area contributed by atoms with Crippen molar-refractivity contribution in [2.24, 2.45) is 0 Å². The number of rotatable bonds is 6. The van der Waals surface area contributed by atoms with Crippen molar-refractivity contribution in [2.45, 2.75) is 6.92 Å². The number of hydrogen-bond acceptors (Lipinski definition) is 6. The highest BCUT2D eigenvalue weighted by Gasteiger charge is 2.06. The van der Waals surface area contributed by atoms with Crippen LogP contribution in [-0.2, 0) is 0 Å². The van der Waals surface area contributed by atoms with Gasteiger partial charge in [-0.05, 0) is 53.2 Å². The van der Waals surface area contributed by atoms with Gasteiger partial charge < -0.3 is 10.6 Å². The van der Waals surface area contributed by atoms with E-state index in [0.717, 1.165) is 17.1 Å². The van der Waals surface area contributed by atoms with Gasteiger partial charge in [-0.2, -0.15) is 0 Å². The fourth-order valence-corrected chi connectivity index (χ4v) is 2.17. The van der Waals surface area contributed by atoms with Gasteiger partial charge in [-0.15, -0.1) is 5.10 Å². The molecule has 3 rings (SSSR count). The molecule has 0 unspecified atom stereocenters. The average molecular weight is 323 g/mol. The van der Waals surface area contributed by atoms with E-state index in [-0.39, 0.29) is 5.91 Å². The lowest BCUT2D eigenvalue weighted by Gasteiger charge is -2.09. The number of tetrazole rings is 1. The molecule has 0 spiro atoms. The van der Waals surface area contributed by atoms with Crippen molar-refractivity contribution in [2.75, 3.05) is 18.4 Å². The Hall–Kier alpha value is -3.29. The van der Waals surface area contributed by atoms with Gasteiger partial charge in [0, 0.05) is 24.8 Å². The Labute approximate surface area is 138 Å². The monoisotopic (exact) mass is 323 g/mol. The largest absolute Gasteiger partial charge is 0.368 e. The molecule has 0 bridgehead atoms. The van der Waals surface area contributed by atoms with Crippen molar-refractivity contribution in [3.8, 4) is 5.69 Å². The Morgan fingerprint density at radius 3 is 2.71 bits per heavy atom. The van der Waals surface area contributed by atoms with Gasteiger partial charge in [0.1, 0.15) is 12.1 Å². The molecule has 0 fully saturated rings. The zero-order valence-corrected chi connectivity index (χ0v) is 13.2. The van der Waals surface area contributed by atoms with Crippen LogP contribution in [0.4, 0.5) is 5.82 Å². The normalized spacial score (nSPS) is 10.4. The maximum Gasteiger partial charge on any atom is 0.251 e. The number of carbonyl (C=O) groups excluding carboxylic acids is 1. The Bertz CT molecular complexity index is 800. The molecule has 0 atom stereocenters. The lowest BCUT2D eigenvalue weighted by Crippen LogP contribution is -2.29. The molecule has 1 aromatic carbocycles. The van der Waals surface area contributed by atoms with Crippen LogP contribution < -0.4 is 10.6 Å². The minimum Gasteiger partial charge on any atom is -0.368 e. The van der Waals surface area contributed by atoms with Crippen molar-refractivity contribution in [1.82, 2.24) is 30.5 Å². The van der Waals surface area contributed by atoms with Gasteiger partial charge in [0.05, 0.1) is 5.69 Å². The van der Waals surface area contributed by atoms with Crippen molar-refractivity contribution in [3.63, 3.8) is 0 Å². The maximum atomic E-state index is 12.1. The van der Waals surface area contributed by atoms with E-state index >= 15 is 0 Å². The molecule has 8 nitrogen and oxygen atoms in total. The number of pyridine rings is 1. The van der Waals surface area contributed by atoms with E-state index in [0.29, 0.717) is 18.7 Å². The number of nitrogens with zero attached hydrogens (tertiary/aromatic N) is 5. The second kappa shape index (κ2) is 7.32. The van der Waals surface area contributed by atoms with E-state index in [4.69, 9.17) is 0 Å². The lowest BCUT2D eigenvalue weighted by molar-refractivity contribution is 0.0955. The van der Waals surface area contributed by atoms with Crippen LogP contribution in [0, 0.1) is 6.92 Å². The summed E-state index contributed by atoms with van der Waals surface area (Å²) in [6, 6.07) is 10.9. The van der Waals surface area contributed by atoms with Crippen LogP contribution in [-0.4, -0.2) is 44.2 Å². The molecule has 3 aromatic rings. The van der Waals surface area contributed by atoms with Crippen molar-refractivity contribution in [3.05, 3.63) is 60.0 Å². The van der Waals surface area contributed by atoms with E-state index < -0.39 is 0 Å². The smallest absolute Gasteiger partial charge is 0.251 e. The third-order valence-electron chi connectivity index (χ3n) is 3.46. The van der Waals surface area contributed by atoms with Crippen LogP contribution >= 0.6 is 0 Å². The molecule has 2 aromatic heterocycles. The summed E-state index contributed by atoms with van der Waals surface area (Å²) >= 11 is 0. The molecule has 2 heterocycles. The van der Waals surface area contributed by atoms with Gasteiger partial charge in [0.25, 0.3) is 5.91 Å². The number of hydrogen-bond donors (Lipinski definition) is 2. The summed E-state index contributed by atoms with van der Waals surface area (Å²) in [7, 11) is 0. The minimum absolute atomic E-state index is 0.127. The molecule has 0 saturated heterocycles. The van der Waals surface area contributed by atoms with E-state index in [1.807, 2.05) is 19.1 Å². The van der Waals surface area contributed by atoms with Crippen LogP contribution in [0.1, 0.15) is 15.9 Å². The molecule has 0 aliphatic heterocycles. The first kappa shape index (κ1) is 15.6. The van der Waals surface area contributed by atoms with Gasteiger partial charge in [0.15, 0.2) is 0 Å². The number of amides is 1. The number of anilines is 1. The zero-order valence-electron chi connectivity index (χ0n) is 13.2. The van der Waals surface area contributed by atoms with Gasteiger partial charge in [-0.25, -0.2) is 9.67 Å². The minimum atomic E-state index is -0.127. The zero-order chi connectivity index (χ0) is 16.8. The predicted molar refractivity (Wildman–Crippen MR) is 89.0 cm³/mol. The van der Waals surface area contributed by atoms with E-state index in [9.17, 15) is 4.79 Å². The Kier molecular flexibility index (Phi) is 4.76. The first-order valence-corrected chi connectivity index (χ1v) is 7.51. The topological polar surface area (TPSA) is 97.6 Å². The fraction of sp³-hybridized carbons (Fsp3) is 0.188. The molecule has 122 valence electrons. The van der Waals surface area contributed by atoms with Crippen LogP contribution in [0.3, 0.4) is 0 Å². The summed E-state index contributed by atoms with van der Waals surface area (Å²) in [5, 5.41) is 17.0. The van der Waals surface area contributed by atoms with Gasteiger partial charge >= 0.3 is 0 Å². The van der Waals surface area contributed by atoms with Crippen LogP contribution in [0.25, 0.3) is 5.69 Å². The molecule has 8 heteroatoms. The first-order valence-electron chi connectivity index (χ1n) is 7.51. The molecule has 0 aliphatic carbocycles. The summed E-state index contributed by atoms with van der Waals surface area (Å²) < 4.78 is 1.53. The molecule has 0 radical (unpaired) electrons. The number of aryl methyl sites for hydroxylation is 1. The predicted octanol–water partition coefficient (Wildman–Crippen LogP) is 1.21. The second-order valence-electron chi connectivity index (χ2n) is 5.15. The number of aromatic nitrogens is 5. The molecular formula is C16H17N7O. The highest BCUT2D eigenvalue weighted by molar-refractivity contribution is 5.94. The van der Waals surface area contributed by atoms with Crippen LogP contribution in [0.15, 0.2) is 48.9 Å². The Morgan fingerprint density at radius 1 is 1.17 bits per heavy atom. The van der Waals surface area contributed by atoms with Gasteiger partial charge in [-0.1, -0.05) is 6.07 Å². The number of carbonyl (C=O) groups is 1. The summed E-state index contributed by atoms with van der Waals surface area (Å²) in [5.74, 6) is 0.704. The summed E-state index contributed by atoms with van der Waals surface area (Å²) in [6.45, 7) is 3.09. The van der Waals surface area contributed by atoms with E-state index in [2.05, 4.69) is 31.1 Å². The third-order valence-corrected chi connectivity index (χ3v) is 3.46. The van der Waals surface area contributed by atoms with Gasteiger partial charge in [-0.3, -0.25) is 4.79 Å². The second-order valence-corrected chi connectivity index (χ2v) is 5.15. The summed E-state index contributed by atoms with van der Waals surface area (Å²) in [5.41, 5.74) is 2.45. The maximum absolute atomic E-state index is 12.1. The molecule has 0 saturated carbocycles. The van der Waals surface area contributed by atoms with Crippen LogP contribution in [0.2, 0.25) is 0 Å². The van der Waals surface area contributed by atoms with Crippen molar-refractivity contribution >= 4 is 11.7 Å². The SMILES string of the molecule is Cc1cccnc1NCCNC(=O)c1ccc(-n2cnnn2)cc1. The summed E-state index contributed by atoms with van der Waals surface area (Å²) in [4.78, 5) is 16.4. The van der Waals surface area contributed by atoms with E-state index in [1.165, 1.54) is 11.0 Å². The Morgan fingerprint density at radius 2 is 2.00 bits per heavy atom.